The Morgan fingerprint density at radius 3 is 2.15 bits per heavy atom. The van der Waals surface area contributed by atoms with Crippen LogP contribution < -0.4 is 9.64 Å². The highest BCUT2D eigenvalue weighted by atomic mass is 19.4. The third-order valence-electron chi connectivity index (χ3n) is 6.87. The second kappa shape index (κ2) is 11.9. The molecule has 0 spiro atoms. The first-order chi connectivity index (χ1) is 18.8. The Morgan fingerprint density at radius 2 is 1.60 bits per heavy atom. The molecule has 4 rings (SSSR count). The topological polar surface area (TPSA) is 98.0 Å². The van der Waals surface area contributed by atoms with Gasteiger partial charge in [-0.3, -0.25) is 14.9 Å². The minimum Gasteiger partial charge on any atom is -0.490 e. The fourth-order valence-corrected chi connectivity index (χ4v) is 4.69. The number of carbonyl (C=O) groups is 1. The molecule has 0 atom stereocenters. The van der Waals surface area contributed by atoms with Crippen molar-refractivity contribution in [2.75, 3.05) is 37.7 Å². The number of nitrogens with zero attached hydrogens (tertiary/aromatic N) is 4. The molecular weight excluding hydrogens is 550 g/mol. The second-order valence-corrected chi connectivity index (χ2v) is 9.53. The van der Waals surface area contributed by atoms with Crippen molar-refractivity contribution in [3.63, 3.8) is 0 Å². The molecule has 218 valence electrons. The molecule has 0 radical (unpaired) electrons. The van der Waals surface area contributed by atoms with Gasteiger partial charge in [0.25, 0.3) is 5.69 Å². The highest BCUT2D eigenvalue weighted by molar-refractivity contribution is 5.77. The van der Waals surface area contributed by atoms with Crippen LogP contribution in [0.2, 0.25) is 0 Å². The van der Waals surface area contributed by atoms with Gasteiger partial charge in [-0.15, -0.1) is 0 Å². The molecule has 2 fully saturated rings. The SMILES string of the molecule is O=C(CO[C@H]1CC[C@H](Oc2ccc([N+](=O)[O-])c(C(F)(F)F)c2)CC1)N1CCN(c2ccc(C(F)(F)F)cn2)CC1. The van der Waals surface area contributed by atoms with Crippen LogP contribution in [0.5, 0.6) is 5.75 Å². The van der Waals surface area contributed by atoms with Crippen molar-refractivity contribution in [3.8, 4) is 5.75 Å². The third kappa shape index (κ3) is 7.31. The molecule has 15 heteroatoms. The minimum atomic E-state index is -4.90. The van der Waals surface area contributed by atoms with E-state index in [4.69, 9.17) is 9.47 Å². The molecule has 0 N–H and O–H groups in total. The molecule has 1 aliphatic heterocycles. The van der Waals surface area contributed by atoms with Crippen molar-refractivity contribution >= 4 is 17.4 Å². The van der Waals surface area contributed by atoms with Crippen LogP contribution in [0.1, 0.15) is 36.8 Å². The molecule has 2 aliphatic rings. The highest BCUT2D eigenvalue weighted by Gasteiger charge is 2.39. The number of nitro benzene ring substituents is 1. The van der Waals surface area contributed by atoms with Gasteiger partial charge in [0.15, 0.2) is 0 Å². The van der Waals surface area contributed by atoms with E-state index in [0.29, 0.717) is 63.7 Å². The number of nitro groups is 1. The lowest BCUT2D eigenvalue weighted by Crippen LogP contribution is -2.50. The standard InChI is InChI=1S/C25H26F6N4O5/c26-24(27,28)16-1-8-22(32-14-16)33-9-11-34(12-10-33)23(36)15-39-17-2-4-18(5-3-17)40-19-6-7-21(35(37)38)20(13-19)25(29,30)31/h1,6-8,13-14,17-18H,2-5,9-12,15H2/t17-,18-. The monoisotopic (exact) mass is 576 g/mol. The van der Waals surface area contributed by atoms with Crippen LogP contribution in [0.25, 0.3) is 0 Å². The maximum absolute atomic E-state index is 13.2. The van der Waals surface area contributed by atoms with E-state index in [1.807, 2.05) is 0 Å². The number of amides is 1. The van der Waals surface area contributed by atoms with Crippen molar-refractivity contribution in [2.45, 2.75) is 50.2 Å². The summed E-state index contributed by atoms with van der Waals surface area (Å²) in [5.74, 6) is 0.0748. The molecule has 1 amide bonds. The predicted octanol–water partition coefficient (Wildman–Crippen LogP) is 5.08. The smallest absolute Gasteiger partial charge is 0.423 e. The Bertz CT molecular complexity index is 1190. The van der Waals surface area contributed by atoms with Gasteiger partial charge >= 0.3 is 12.4 Å². The van der Waals surface area contributed by atoms with Crippen molar-refractivity contribution < 1.29 is 45.5 Å². The van der Waals surface area contributed by atoms with Crippen molar-refractivity contribution in [3.05, 3.63) is 57.8 Å². The van der Waals surface area contributed by atoms with E-state index in [1.165, 1.54) is 6.07 Å². The number of hydrogen-bond donors (Lipinski definition) is 0. The number of hydrogen-bond acceptors (Lipinski definition) is 7. The van der Waals surface area contributed by atoms with Crippen molar-refractivity contribution in [1.82, 2.24) is 9.88 Å². The van der Waals surface area contributed by atoms with Gasteiger partial charge in [-0.25, -0.2) is 4.98 Å². The maximum atomic E-state index is 13.2. The summed E-state index contributed by atoms with van der Waals surface area (Å²) < 4.78 is 89.2. The van der Waals surface area contributed by atoms with Gasteiger partial charge in [0, 0.05) is 38.4 Å². The van der Waals surface area contributed by atoms with Crippen LogP contribution in [-0.4, -0.2) is 65.7 Å². The molecule has 1 aromatic heterocycles. The van der Waals surface area contributed by atoms with Crippen LogP contribution in [0, 0.1) is 10.1 Å². The van der Waals surface area contributed by atoms with Crippen LogP contribution in [-0.2, 0) is 21.9 Å². The summed E-state index contributed by atoms with van der Waals surface area (Å²) in [6.07, 6.45) is -7.23. The second-order valence-electron chi connectivity index (χ2n) is 9.53. The molecule has 1 aliphatic carbocycles. The minimum absolute atomic E-state index is 0.108. The van der Waals surface area contributed by atoms with Gasteiger partial charge in [-0.2, -0.15) is 26.3 Å². The van der Waals surface area contributed by atoms with Gasteiger partial charge in [0.1, 0.15) is 23.7 Å². The van der Waals surface area contributed by atoms with E-state index in [0.717, 1.165) is 24.4 Å². The average Bonchev–Trinajstić information content (AvgIpc) is 2.91. The Labute approximate surface area is 224 Å². The molecule has 2 heterocycles. The van der Waals surface area contributed by atoms with Crippen LogP contribution >= 0.6 is 0 Å². The number of piperazine rings is 1. The molecular formula is C25H26F6N4O5. The highest BCUT2D eigenvalue weighted by Crippen LogP contribution is 2.39. The molecule has 0 bridgehead atoms. The number of benzene rings is 1. The first-order valence-corrected chi connectivity index (χ1v) is 12.5. The van der Waals surface area contributed by atoms with Crippen LogP contribution in [0.4, 0.5) is 37.8 Å². The zero-order valence-corrected chi connectivity index (χ0v) is 21.1. The number of aromatic nitrogens is 1. The van der Waals surface area contributed by atoms with E-state index in [1.54, 1.807) is 9.80 Å². The lowest BCUT2D eigenvalue weighted by molar-refractivity contribution is -0.388. The summed E-state index contributed by atoms with van der Waals surface area (Å²) in [7, 11) is 0. The predicted molar refractivity (Wildman–Crippen MR) is 129 cm³/mol. The van der Waals surface area contributed by atoms with E-state index < -0.39 is 40.2 Å². The van der Waals surface area contributed by atoms with Gasteiger partial charge in [-0.05, 0) is 49.9 Å². The zero-order valence-electron chi connectivity index (χ0n) is 21.1. The zero-order chi connectivity index (χ0) is 29.1. The third-order valence-corrected chi connectivity index (χ3v) is 6.87. The molecule has 2 aromatic rings. The molecule has 1 aromatic carbocycles. The van der Waals surface area contributed by atoms with Gasteiger partial charge in [0.05, 0.1) is 22.7 Å². The van der Waals surface area contributed by atoms with E-state index in [-0.39, 0.29) is 24.4 Å². The van der Waals surface area contributed by atoms with Gasteiger partial charge in [-0.1, -0.05) is 0 Å². The van der Waals surface area contributed by atoms with E-state index >= 15 is 0 Å². The number of ether oxygens (including phenoxy) is 2. The Kier molecular flexibility index (Phi) is 8.71. The maximum Gasteiger partial charge on any atom is 0.423 e. The van der Waals surface area contributed by atoms with E-state index in [9.17, 15) is 41.3 Å². The first-order valence-electron chi connectivity index (χ1n) is 12.5. The molecule has 1 saturated heterocycles. The Morgan fingerprint density at radius 1 is 0.950 bits per heavy atom. The summed E-state index contributed by atoms with van der Waals surface area (Å²) in [5, 5.41) is 10.9. The average molecular weight is 576 g/mol. The summed E-state index contributed by atoms with van der Waals surface area (Å²) in [6, 6.07) is 4.83. The Hall–Kier alpha value is -3.62. The summed E-state index contributed by atoms with van der Waals surface area (Å²) in [6.45, 7) is 1.39. The molecule has 9 nitrogen and oxygen atoms in total. The van der Waals surface area contributed by atoms with Gasteiger partial charge in [0.2, 0.25) is 5.91 Å². The van der Waals surface area contributed by atoms with Crippen molar-refractivity contribution in [2.24, 2.45) is 0 Å². The fraction of sp³-hybridized carbons (Fsp3) is 0.520. The summed E-state index contributed by atoms with van der Waals surface area (Å²) in [5.41, 5.74) is -3.24. The van der Waals surface area contributed by atoms with Gasteiger partial charge < -0.3 is 19.3 Å². The van der Waals surface area contributed by atoms with Crippen LogP contribution in [0.3, 0.4) is 0 Å². The number of pyridine rings is 1. The molecule has 1 saturated carbocycles. The fourth-order valence-electron chi connectivity index (χ4n) is 4.69. The number of rotatable bonds is 7. The lowest BCUT2D eigenvalue weighted by Gasteiger charge is -2.36. The largest absolute Gasteiger partial charge is 0.490 e. The number of carbonyl (C=O) groups excluding carboxylic acids is 1. The van der Waals surface area contributed by atoms with E-state index in [2.05, 4.69) is 4.98 Å². The quantitative estimate of drug-likeness (QED) is 0.258. The first kappa shape index (κ1) is 29.4. The molecule has 40 heavy (non-hydrogen) atoms. The van der Waals surface area contributed by atoms with Crippen molar-refractivity contribution in [1.29, 1.82) is 0 Å². The number of alkyl halides is 6. The molecule has 0 unspecified atom stereocenters. The number of halogens is 6. The van der Waals surface area contributed by atoms with Crippen LogP contribution in [0.15, 0.2) is 36.5 Å². The summed E-state index contributed by atoms with van der Waals surface area (Å²) in [4.78, 5) is 29.7. The Balaban J connectivity index is 1.19. The number of anilines is 1. The normalized spacial score (nSPS) is 20.4. The summed E-state index contributed by atoms with van der Waals surface area (Å²) >= 11 is 0. The lowest BCUT2D eigenvalue weighted by atomic mass is 9.95.